The number of benzene rings is 1. The molecule has 0 radical (unpaired) electrons. The molecule has 1 aromatic carbocycles. The fourth-order valence-corrected chi connectivity index (χ4v) is 3.07. The number of aryl methyl sites for hydroxylation is 1. The number of aromatic nitrogens is 1. The molecular weight excluding hydrogens is 334 g/mol. The summed E-state index contributed by atoms with van der Waals surface area (Å²) < 4.78 is 16.0. The molecule has 0 saturated carbocycles. The van der Waals surface area contributed by atoms with Crippen LogP contribution in [0.4, 0.5) is 0 Å². The van der Waals surface area contributed by atoms with Gasteiger partial charge in [0.25, 0.3) is 5.91 Å². The minimum Gasteiger partial charge on any atom is -0.493 e. The lowest BCUT2D eigenvalue weighted by Gasteiger charge is -2.21. The third kappa shape index (κ3) is 4.76. The Hall–Kier alpha value is -2.54. The van der Waals surface area contributed by atoms with Gasteiger partial charge in [0, 0.05) is 38.8 Å². The quantitative estimate of drug-likeness (QED) is 0.787. The van der Waals surface area contributed by atoms with E-state index in [0.29, 0.717) is 18.0 Å². The predicted molar refractivity (Wildman–Crippen MR) is 96.2 cm³/mol. The summed E-state index contributed by atoms with van der Waals surface area (Å²) in [5.74, 6) is 2.03. The minimum absolute atomic E-state index is 0.00460. The molecular formula is C19H25N3O4. The smallest absolute Gasteiger partial charge is 0.260 e. The predicted octanol–water partition coefficient (Wildman–Crippen LogP) is 2.10. The first kappa shape index (κ1) is 18.3. The zero-order valence-electron chi connectivity index (χ0n) is 15.3. The Morgan fingerprint density at radius 1 is 1.19 bits per heavy atom. The number of para-hydroxylation sites is 2. The number of rotatable bonds is 6. The number of hydrogen-bond acceptors (Lipinski definition) is 6. The molecule has 2 heterocycles. The van der Waals surface area contributed by atoms with Crippen molar-refractivity contribution in [1.29, 1.82) is 0 Å². The van der Waals surface area contributed by atoms with Gasteiger partial charge in [-0.15, -0.1) is 0 Å². The van der Waals surface area contributed by atoms with Gasteiger partial charge in [0.05, 0.1) is 12.8 Å². The van der Waals surface area contributed by atoms with E-state index in [1.807, 2.05) is 36.1 Å². The van der Waals surface area contributed by atoms with Gasteiger partial charge in [-0.25, -0.2) is 0 Å². The summed E-state index contributed by atoms with van der Waals surface area (Å²) in [5.41, 5.74) is 0.932. The Bertz CT molecular complexity index is 731. The lowest BCUT2D eigenvalue weighted by atomic mass is 10.3. The van der Waals surface area contributed by atoms with Gasteiger partial charge in [-0.1, -0.05) is 17.3 Å². The van der Waals surface area contributed by atoms with Gasteiger partial charge in [0.2, 0.25) is 0 Å². The van der Waals surface area contributed by atoms with Crippen LogP contribution >= 0.6 is 0 Å². The van der Waals surface area contributed by atoms with E-state index < -0.39 is 0 Å². The lowest BCUT2D eigenvalue weighted by molar-refractivity contribution is -0.133. The fraction of sp³-hybridized carbons (Fsp3) is 0.474. The SMILES string of the molecule is COc1ccccc1OCC(=O)N1CCCN(Cc2cc(C)on2)CC1. The van der Waals surface area contributed by atoms with E-state index in [0.717, 1.165) is 44.1 Å². The van der Waals surface area contributed by atoms with Gasteiger partial charge in [0.1, 0.15) is 5.76 Å². The molecule has 26 heavy (non-hydrogen) atoms. The van der Waals surface area contributed by atoms with Gasteiger partial charge in [-0.3, -0.25) is 9.69 Å². The maximum Gasteiger partial charge on any atom is 0.260 e. The second-order valence-electron chi connectivity index (χ2n) is 6.38. The van der Waals surface area contributed by atoms with Gasteiger partial charge in [-0.05, 0) is 25.5 Å². The van der Waals surface area contributed by atoms with E-state index in [1.54, 1.807) is 13.2 Å². The molecule has 1 aromatic heterocycles. The molecule has 1 saturated heterocycles. The monoisotopic (exact) mass is 359 g/mol. The van der Waals surface area contributed by atoms with Crippen LogP contribution in [0.25, 0.3) is 0 Å². The van der Waals surface area contributed by atoms with Crippen LogP contribution in [0.3, 0.4) is 0 Å². The summed E-state index contributed by atoms with van der Waals surface area (Å²) in [6.07, 6.45) is 0.928. The molecule has 0 N–H and O–H groups in total. The lowest BCUT2D eigenvalue weighted by Crippen LogP contribution is -2.38. The highest BCUT2D eigenvalue weighted by Gasteiger charge is 2.20. The highest BCUT2D eigenvalue weighted by atomic mass is 16.5. The number of carbonyl (C=O) groups is 1. The van der Waals surface area contributed by atoms with Crippen LogP contribution in [0.1, 0.15) is 17.9 Å². The zero-order valence-corrected chi connectivity index (χ0v) is 15.3. The Labute approximate surface area is 153 Å². The highest BCUT2D eigenvalue weighted by molar-refractivity contribution is 5.77. The summed E-state index contributed by atoms with van der Waals surface area (Å²) in [5, 5.41) is 4.04. The van der Waals surface area contributed by atoms with Gasteiger partial charge in [0.15, 0.2) is 18.1 Å². The Kier molecular flexibility index (Phi) is 6.12. The van der Waals surface area contributed by atoms with Crippen LogP contribution in [0.2, 0.25) is 0 Å². The molecule has 7 heteroatoms. The van der Waals surface area contributed by atoms with Gasteiger partial charge < -0.3 is 18.9 Å². The number of amides is 1. The normalized spacial score (nSPS) is 15.5. The fourth-order valence-electron chi connectivity index (χ4n) is 3.07. The summed E-state index contributed by atoms with van der Waals surface area (Å²) in [6.45, 7) is 5.82. The zero-order chi connectivity index (χ0) is 18.4. The Morgan fingerprint density at radius 2 is 2.00 bits per heavy atom. The first-order valence-corrected chi connectivity index (χ1v) is 8.84. The van der Waals surface area contributed by atoms with Crippen molar-refractivity contribution in [3.05, 3.63) is 41.8 Å². The number of nitrogens with zero attached hydrogens (tertiary/aromatic N) is 3. The molecule has 3 rings (SSSR count). The molecule has 0 aliphatic carbocycles. The van der Waals surface area contributed by atoms with Crippen molar-refractivity contribution < 1.29 is 18.8 Å². The summed E-state index contributed by atoms with van der Waals surface area (Å²) in [4.78, 5) is 16.7. The van der Waals surface area contributed by atoms with E-state index in [9.17, 15) is 4.79 Å². The maximum atomic E-state index is 12.5. The van der Waals surface area contributed by atoms with E-state index in [2.05, 4.69) is 10.1 Å². The third-order valence-corrected chi connectivity index (χ3v) is 4.42. The largest absolute Gasteiger partial charge is 0.493 e. The second-order valence-corrected chi connectivity index (χ2v) is 6.38. The van der Waals surface area contributed by atoms with Crippen molar-refractivity contribution in [3.8, 4) is 11.5 Å². The van der Waals surface area contributed by atoms with Crippen molar-refractivity contribution >= 4 is 5.91 Å². The topological polar surface area (TPSA) is 68.0 Å². The number of ether oxygens (including phenoxy) is 2. The Balaban J connectivity index is 1.49. The van der Waals surface area contributed by atoms with Crippen molar-refractivity contribution in [3.63, 3.8) is 0 Å². The number of carbonyl (C=O) groups excluding carboxylic acids is 1. The van der Waals surface area contributed by atoms with Crippen LogP contribution in [0, 0.1) is 6.92 Å². The average molecular weight is 359 g/mol. The van der Waals surface area contributed by atoms with E-state index in [4.69, 9.17) is 14.0 Å². The van der Waals surface area contributed by atoms with Crippen LogP contribution in [-0.4, -0.2) is 60.8 Å². The maximum absolute atomic E-state index is 12.5. The van der Waals surface area contributed by atoms with Crippen LogP contribution in [-0.2, 0) is 11.3 Å². The van der Waals surface area contributed by atoms with Crippen LogP contribution < -0.4 is 9.47 Å². The molecule has 0 unspecified atom stereocenters. The van der Waals surface area contributed by atoms with Crippen molar-refractivity contribution in [2.24, 2.45) is 0 Å². The van der Waals surface area contributed by atoms with Crippen molar-refractivity contribution in [2.45, 2.75) is 19.9 Å². The summed E-state index contributed by atoms with van der Waals surface area (Å²) in [6, 6.07) is 9.30. The van der Waals surface area contributed by atoms with Gasteiger partial charge >= 0.3 is 0 Å². The molecule has 1 amide bonds. The summed E-state index contributed by atoms with van der Waals surface area (Å²) >= 11 is 0. The second kappa shape index (κ2) is 8.71. The number of hydrogen-bond donors (Lipinski definition) is 0. The number of methoxy groups -OCH3 is 1. The highest BCUT2D eigenvalue weighted by Crippen LogP contribution is 2.25. The van der Waals surface area contributed by atoms with Crippen molar-refractivity contribution in [2.75, 3.05) is 39.9 Å². The molecule has 1 fully saturated rings. The molecule has 7 nitrogen and oxygen atoms in total. The van der Waals surface area contributed by atoms with E-state index in [1.165, 1.54) is 0 Å². The van der Waals surface area contributed by atoms with E-state index >= 15 is 0 Å². The van der Waals surface area contributed by atoms with Gasteiger partial charge in [-0.2, -0.15) is 0 Å². The molecule has 1 aliphatic heterocycles. The Morgan fingerprint density at radius 3 is 2.73 bits per heavy atom. The van der Waals surface area contributed by atoms with Crippen molar-refractivity contribution in [1.82, 2.24) is 15.0 Å². The molecule has 1 aliphatic rings. The first-order chi connectivity index (χ1) is 12.7. The first-order valence-electron chi connectivity index (χ1n) is 8.84. The standard InChI is InChI=1S/C19H25N3O4/c1-15-12-16(20-26-15)13-21-8-5-9-22(11-10-21)19(23)14-25-18-7-4-3-6-17(18)24-2/h3-4,6-7,12H,5,8-11,13-14H2,1-2H3. The molecule has 2 aromatic rings. The molecule has 140 valence electrons. The van der Waals surface area contributed by atoms with E-state index in [-0.39, 0.29) is 12.5 Å². The minimum atomic E-state index is -0.00460. The third-order valence-electron chi connectivity index (χ3n) is 4.42. The van der Waals surface area contributed by atoms with Crippen LogP contribution in [0.15, 0.2) is 34.9 Å². The summed E-state index contributed by atoms with van der Waals surface area (Å²) in [7, 11) is 1.59. The molecule has 0 atom stereocenters. The molecule has 0 spiro atoms. The average Bonchev–Trinajstić information content (AvgIpc) is 2.92. The van der Waals surface area contributed by atoms with Crippen LogP contribution in [0.5, 0.6) is 11.5 Å². The molecule has 0 bridgehead atoms.